The van der Waals surface area contributed by atoms with Crippen LogP contribution < -0.4 is 4.90 Å². The van der Waals surface area contributed by atoms with E-state index in [1.165, 1.54) is 28.5 Å². The second-order valence-electron chi connectivity index (χ2n) is 8.63. The van der Waals surface area contributed by atoms with Gasteiger partial charge < -0.3 is 24.3 Å². The number of benzene rings is 1. The van der Waals surface area contributed by atoms with Gasteiger partial charge >= 0.3 is 18.4 Å². The summed E-state index contributed by atoms with van der Waals surface area (Å²) >= 11 is 1.19. The minimum Gasteiger partial charge on any atom is -0.465 e. The van der Waals surface area contributed by atoms with E-state index in [9.17, 15) is 37.0 Å². The Balaban J connectivity index is 1.60. The van der Waals surface area contributed by atoms with Gasteiger partial charge in [-0.3, -0.25) is 4.90 Å². The maximum Gasteiger partial charge on any atom is 0.419 e. The first-order chi connectivity index (χ1) is 16.9. The zero-order valence-electron chi connectivity index (χ0n) is 18.4. The van der Waals surface area contributed by atoms with Crippen LogP contribution in [0.5, 0.6) is 0 Å². The molecule has 2 bridgehead atoms. The van der Waals surface area contributed by atoms with Crippen LogP contribution >= 0.6 is 11.3 Å². The number of hydrogen-bond acceptors (Lipinski definition) is 8. The highest BCUT2D eigenvalue weighted by atomic mass is 32.1. The first-order valence-corrected chi connectivity index (χ1v) is 11.6. The fraction of sp³-hybridized carbons (Fsp3) is 0.476. The van der Waals surface area contributed by atoms with Crippen LogP contribution in [0.25, 0.3) is 21.7 Å². The Labute approximate surface area is 203 Å². The Kier molecular flexibility index (Phi) is 5.83. The smallest absolute Gasteiger partial charge is 0.419 e. The molecule has 0 spiro atoms. The van der Waals surface area contributed by atoms with Gasteiger partial charge in [0.05, 0.1) is 17.6 Å². The average molecular weight is 534 g/mol. The lowest BCUT2D eigenvalue weighted by Gasteiger charge is -2.54. The van der Waals surface area contributed by atoms with Gasteiger partial charge in [-0.15, -0.1) is 11.3 Å². The molecule has 5 heterocycles. The molecule has 36 heavy (non-hydrogen) atoms. The molecule has 0 radical (unpaired) electrons. The van der Waals surface area contributed by atoms with Crippen LogP contribution in [0.2, 0.25) is 0 Å². The van der Waals surface area contributed by atoms with E-state index in [4.69, 9.17) is 4.42 Å². The Morgan fingerprint density at radius 1 is 1.25 bits per heavy atom. The second-order valence-corrected chi connectivity index (χ2v) is 9.52. The van der Waals surface area contributed by atoms with Crippen LogP contribution in [0.3, 0.4) is 0 Å². The van der Waals surface area contributed by atoms with Crippen LogP contribution in [-0.2, 0) is 4.74 Å². The number of ether oxygens (including phenoxy) is 1. The fourth-order valence-corrected chi connectivity index (χ4v) is 5.19. The number of alkyl halides is 5. The number of amides is 1. The van der Waals surface area contributed by atoms with Gasteiger partial charge in [-0.2, -0.15) is 26.9 Å². The number of anilines is 1. The van der Waals surface area contributed by atoms with E-state index in [1.807, 2.05) is 0 Å². The van der Waals surface area contributed by atoms with Crippen molar-refractivity contribution in [2.24, 2.45) is 0 Å². The van der Waals surface area contributed by atoms with Crippen molar-refractivity contribution in [3.05, 3.63) is 29.3 Å². The van der Waals surface area contributed by atoms with Gasteiger partial charge in [-0.1, -0.05) is 6.07 Å². The number of aliphatic hydroxyl groups excluding tert-OH is 1. The van der Waals surface area contributed by atoms with Gasteiger partial charge in [-0.05, 0) is 19.4 Å². The summed E-state index contributed by atoms with van der Waals surface area (Å²) in [6.45, 7) is 1.03. The van der Waals surface area contributed by atoms with E-state index in [1.54, 1.807) is 10.3 Å². The molecule has 9 nitrogen and oxygen atoms in total. The van der Waals surface area contributed by atoms with Crippen molar-refractivity contribution in [2.45, 2.75) is 49.9 Å². The van der Waals surface area contributed by atoms with E-state index >= 15 is 0 Å². The Bertz CT molecular complexity index is 1270. The summed E-state index contributed by atoms with van der Waals surface area (Å²) in [5.41, 5.74) is -0.872. The van der Waals surface area contributed by atoms with Gasteiger partial charge in [0.1, 0.15) is 16.6 Å². The van der Waals surface area contributed by atoms with Gasteiger partial charge in [0, 0.05) is 30.2 Å². The third-order valence-corrected chi connectivity index (χ3v) is 7.06. The van der Waals surface area contributed by atoms with Crippen molar-refractivity contribution in [2.75, 3.05) is 18.0 Å². The summed E-state index contributed by atoms with van der Waals surface area (Å²) in [4.78, 5) is 22.7. The van der Waals surface area contributed by atoms with Crippen LogP contribution in [0.15, 0.2) is 28.1 Å². The number of nitrogens with zero attached hydrogens (tertiary/aromatic N) is 4. The SMILES string of the molecule is CC(O)C(F)(F)OC(c1ccc(-c2nccs2)c2oc(N3CC4CC(C3)N4C(=O)O)nc12)C(F)(F)F. The molecule has 3 fully saturated rings. The largest absolute Gasteiger partial charge is 0.465 e. The zero-order chi connectivity index (χ0) is 26.0. The first kappa shape index (κ1) is 24.6. The Morgan fingerprint density at radius 3 is 2.50 bits per heavy atom. The molecule has 3 saturated heterocycles. The van der Waals surface area contributed by atoms with Crippen LogP contribution in [-0.4, -0.2) is 74.7 Å². The van der Waals surface area contributed by atoms with Crippen molar-refractivity contribution >= 4 is 34.5 Å². The highest BCUT2D eigenvalue weighted by molar-refractivity contribution is 7.13. The molecular formula is C21H19F5N4O5S. The van der Waals surface area contributed by atoms with E-state index in [-0.39, 0.29) is 42.3 Å². The van der Waals surface area contributed by atoms with Crippen molar-refractivity contribution in [1.82, 2.24) is 14.9 Å². The molecule has 0 aliphatic carbocycles. The maximum absolute atomic E-state index is 14.1. The van der Waals surface area contributed by atoms with Gasteiger partial charge in [0.25, 0.3) is 6.01 Å². The summed E-state index contributed by atoms with van der Waals surface area (Å²) < 4.78 is 80.0. The number of carboxylic acid groups (broad SMARTS) is 1. The fourth-order valence-electron chi connectivity index (χ4n) is 4.53. The van der Waals surface area contributed by atoms with Gasteiger partial charge in [0.15, 0.2) is 11.7 Å². The van der Waals surface area contributed by atoms with Crippen molar-refractivity contribution < 1.29 is 46.1 Å². The first-order valence-electron chi connectivity index (χ1n) is 10.8. The highest BCUT2D eigenvalue weighted by Crippen LogP contribution is 2.46. The number of halogens is 5. The van der Waals surface area contributed by atoms with Gasteiger partial charge in [-0.25, -0.2) is 9.78 Å². The molecule has 1 amide bonds. The van der Waals surface area contributed by atoms with E-state index < -0.39 is 36.1 Å². The molecule has 1 aromatic carbocycles. The van der Waals surface area contributed by atoms with E-state index in [2.05, 4.69) is 14.7 Å². The summed E-state index contributed by atoms with van der Waals surface area (Å²) in [6, 6.07) is 1.50. The number of carbonyl (C=O) groups is 1. The predicted molar refractivity (Wildman–Crippen MR) is 116 cm³/mol. The minimum absolute atomic E-state index is 0.0711. The minimum atomic E-state index is -5.28. The number of rotatable bonds is 6. The van der Waals surface area contributed by atoms with Crippen molar-refractivity contribution in [3.63, 3.8) is 0 Å². The molecule has 15 heteroatoms. The number of aliphatic hydroxyl groups is 1. The number of piperidine rings is 1. The third kappa shape index (κ3) is 4.14. The second kappa shape index (κ2) is 8.52. The standard InChI is InChI=1S/C21H19F5N4O5S/c1-9(31)21(25,26)35-16(20(22,23)24)12-2-3-13(17-27-4-5-36-17)15-14(12)28-18(34-15)29-7-10-6-11(8-29)30(10)19(32)33/h2-5,9-11,16,31H,6-8H2,1H3,(H,32,33). The maximum atomic E-state index is 14.1. The quantitative estimate of drug-likeness (QED) is 0.445. The number of thiazole rings is 1. The Hall–Kier alpha value is -3.04. The normalized spacial score (nSPS) is 22.0. The van der Waals surface area contributed by atoms with E-state index in [0.29, 0.717) is 23.9 Å². The summed E-state index contributed by atoms with van der Waals surface area (Å²) in [7, 11) is 0. The average Bonchev–Trinajstić information content (AvgIpc) is 3.46. The van der Waals surface area contributed by atoms with Crippen molar-refractivity contribution in [3.8, 4) is 10.6 Å². The summed E-state index contributed by atoms with van der Waals surface area (Å²) in [5.74, 6) is 0. The van der Waals surface area contributed by atoms with Gasteiger partial charge in [0.2, 0.25) is 0 Å². The summed E-state index contributed by atoms with van der Waals surface area (Å²) in [6.07, 6.45) is -14.3. The molecule has 6 rings (SSSR count). The molecule has 4 atom stereocenters. The third-order valence-electron chi connectivity index (χ3n) is 6.25. The number of oxazole rings is 1. The molecule has 2 N–H and O–H groups in total. The Morgan fingerprint density at radius 2 is 1.94 bits per heavy atom. The molecule has 4 unspecified atom stereocenters. The molecule has 3 aliphatic rings. The molecule has 0 saturated carbocycles. The molecule has 3 aromatic rings. The predicted octanol–water partition coefficient (Wildman–Crippen LogP) is 4.49. The lowest BCUT2D eigenvalue weighted by molar-refractivity contribution is -0.352. The number of hydrogen-bond donors (Lipinski definition) is 2. The van der Waals surface area contributed by atoms with E-state index in [0.717, 1.165) is 6.07 Å². The van der Waals surface area contributed by atoms with Crippen LogP contribution in [0.1, 0.15) is 25.0 Å². The summed E-state index contributed by atoms with van der Waals surface area (Å²) in [5, 5.41) is 20.6. The number of piperazine rings is 1. The lowest BCUT2D eigenvalue weighted by Crippen LogP contribution is -2.70. The lowest BCUT2D eigenvalue weighted by atomic mass is 9.88. The van der Waals surface area contributed by atoms with Crippen LogP contribution in [0.4, 0.5) is 32.8 Å². The topological polar surface area (TPSA) is 112 Å². The molecular weight excluding hydrogens is 515 g/mol. The molecule has 2 aromatic heterocycles. The zero-order valence-corrected chi connectivity index (χ0v) is 19.3. The van der Waals surface area contributed by atoms with Crippen molar-refractivity contribution in [1.29, 1.82) is 0 Å². The highest BCUT2D eigenvalue weighted by Gasteiger charge is 2.52. The van der Waals surface area contributed by atoms with Crippen LogP contribution in [0, 0.1) is 0 Å². The molecule has 3 aliphatic heterocycles. The molecule has 194 valence electrons. The monoisotopic (exact) mass is 534 g/mol. The number of aromatic nitrogens is 2. The number of fused-ring (bicyclic) bond motifs is 3.